The van der Waals surface area contributed by atoms with Crippen LogP contribution in [0.25, 0.3) is 0 Å². The lowest BCUT2D eigenvalue weighted by atomic mass is 10.8. The van der Waals surface area contributed by atoms with Gasteiger partial charge in [0.2, 0.25) is 0 Å². The summed E-state index contributed by atoms with van der Waals surface area (Å²) >= 11 is 0. The molecule has 0 aliphatic carbocycles. The number of nitrogens with one attached hydrogen (secondary N) is 2. The first-order valence-electron chi connectivity index (χ1n) is 2.75. The predicted octanol–water partition coefficient (Wildman–Crippen LogP) is -0.272. The van der Waals surface area contributed by atoms with Crippen molar-refractivity contribution in [3.8, 4) is 0 Å². The van der Waals surface area contributed by atoms with E-state index >= 15 is 0 Å². The van der Waals surface area contributed by atoms with Crippen molar-refractivity contribution in [3.05, 3.63) is 0 Å². The molecule has 1 aliphatic rings. The number of hydrogen-bond acceptors (Lipinski definition) is 8. The lowest BCUT2D eigenvalue weighted by molar-refractivity contribution is 0.784. The lowest BCUT2D eigenvalue weighted by Crippen LogP contribution is -2.12. The van der Waals surface area contributed by atoms with Gasteiger partial charge in [-0.3, -0.25) is 0 Å². The first-order valence-corrected chi connectivity index (χ1v) is 2.75. The van der Waals surface area contributed by atoms with Gasteiger partial charge in [-0.2, -0.15) is 5.21 Å². The van der Waals surface area contributed by atoms with E-state index in [9.17, 15) is 0 Å². The first kappa shape index (κ1) is 5.82. The monoisotopic (exact) mass is 153 g/mol. The van der Waals surface area contributed by atoms with Crippen LogP contribution in [0.2, 0.25) is 0 Å². The summed E-state index contributed by atoms with van der Waals surface area (Å²) < 4.78 is 0. The molecule has 2 N–H and O–H groups in total. The Morgan fingerprint density at radius 1 is 1.27 bits per heavy atom. The highest BCUT2D eigenvalue weighted by Crippen LogP contribution is 2.05. The van der Waals surface area contributed by atoms with Crippen LogP contribution in [0.15, 0.2) is 20.7 Å². The van der Waals surface area contributed by atoms with Gasteiger partial charge in [-0.25, -0.2) is 0 Å². The quantitative estimate of drug-likeness (QED) is 0.608. The number of tetrazole rings is 1. The van der Waals surface area contributed by atoms with Crippen molar-refractivity contribution in [2.24, 2.45) is 20.7 Å². The Hall–Kier alpha value is -1.93. The third-order valence-corrected chi connectivity index (χ3v) is 0.966. The summed E-state index contributed by atoms with van der Waals surface area (Å²) in [5.74, 6) is 0.315. The lowest BCUT2D eigenvalue weighted by Gasteiger charge is -1.97. The largest absolute Gasteiger partial charge is 0.309 e. The molecule has 1 aromatic rings. The fraction of sp³-hybridized carbons (Fsp3) is 0.500. The summed E-state index contributed by atoms with van der Waals surface area (Å²) in [6.45, 7) is 0. The smallest absolute Gasteiger partial charge is 0.266 e. The Kier molecular flexibility index (Phi) is 1.25. The second-order valence-corrected chi connectivity index (χ2v) is 1.66. The molecule has 0 atom stereocenters. The maximum Gasteiger partial charge on any atom is 0.266 e. The van der Waals surface area contributed by atoms with Gasteiger partial charge in [0.25, 0.3) is 12.2 Å². The molecule has 2 rings (SSSR count). The number of nitrogens with zero attached hydrogens (tertiary/aromatic N) is 7. The molecule has 9 nitrogen and oxygen atoms in total. The molecule has 9 heteroatoms. The topological polar surface area (TPSA) is 116 Å². The molecule has 0 saturated heterocycles. The highest BCUT2D eigenvalue weighted by molar-refractivity contribution is 5.20. The Balaban J connectivity index is 2.01. The van der Waals surface area contributed by atoms with Gasteiger partial charge in [0.05, 0.1) is 0 Å². The minimum atomic E-state index is -0.521. The number of rotatable bonds is 2. The molecule has 1 aromatic heterocycles. The summed E-state index contributed by atoms with van der Waals surface area (Å²) in [6, 6.07) is 0. The van der Waals surface area contributed by atoms with Gasteiger partial charge in [-0.1, -0.05) is 5.10 Å². The van der Waals surface area contributed by atoms with E-state index in [4.69, 9.17) is 0 Å². The van der Waals surface area contributed by atoms with Gasteiger partial charge in [-0.05, 0) is 15.7 Å². The normalized spacial score (nSPS) is 16.0. The SMILES string of the molecule is N1=NC(Nc2nn[nH]n2)N=N1. The van der Waals surface area contributed by atoms with E-state index < -0.39 is 6.29 Å². The molecule has 0 spiro atoms. The number of aromatic amines is 1. The zero-order chi connectivity index (χ0) is 7.52. The van der Waals surface area contributed by atoms with Crippen molar-refractivity contribution in [1.82, 2.24) is 20.6 Å². The molecular weight excluding hydrogens is 150 g/mol. The average Bonchev–Trinajstić information content (AvgIpc) is 2.60. The van der Waals surface area contributed by atoms with Crippen molar-refractivity contribution < 1.29 is 0 Å². The van der Waals surface area contributed by atoms with E-state index in [1.54, 1.807) is 0 Å². The van der Waals surface area contributed by atoms with Crippen molar-refractivity contribution in [1.29, 1.82) is 0 Å². The average molecular weight is 153 g/mol. The van der Waals surface area contributed by atoms with Crippen LogP contribution in [-0.2, 0) is 0 Å². The molecule has 0 fully saturated rings. The molecule has 0 aromatic carbocycles. The van der Waals surface area contributed by atoms with Crippen LogP contribution in [0.3, 0.4) is 0 Å². The van der Waals surface area contributed by atoms with Crippen LogP contribution in [0.1, 0.15) is 0 Å². The fourth-order valence-corrected chi connectivity index (χ4v) is 0.563. The molecule has 11 heavy (non-hydrogen) atoms. The summed E-state index contributed by atoms with van der Waals surface area (Å²) in [6.07, 6.45) is -0.521. The second kappa shape index (κ2) is 2.36. The van der Waals surface area contributed by atoms with Crippen molar-refractivity contribution in [3.63, 3.8) is 0 Å². The van der Waals surface area contributed by atoms with Crippen LogP contribution < -0.4 is 5.32 Å². The molecular formula is C2H3N9. The molecule has 0 amide bonds. The van der Waals surface area contributed by atoms with E-state index in [-0.39, 0.29) is 0 Å². The van der Waals surface area contributed by atoms with Crippen LogP contribution in [0, 0.1) is 0 Å². The summed E-state index contributed by atoms with van der Waals surface area (Å²) in [7, 11) is 0. The highest BCUT2D eigenvalue weighted by Gasteiger charge is 2.10. The predicted molar refractivity (Wildman–Crippen MR) is 31.3 cm³/mol. The maximum absolute atomic E-state index is 3.62. The minimum Gasteiger partial charge on any atom is -0.309 e. The second-order valence-electron chi connectivity index (χ2n) is 1.66. The van der Waals surface area contributed by atoms with E-state index in [0.717, 1.165) is 0 Å². The molecule has 0 bridgehead atoms. The van der Waals surface area contributed by atoms with Crippen LogP contribution >= 0.6 is 0 Å². The third kappa shape index (κ3) is 1.15. The van der Waals surface area contributed by atoms with Crippen molar-refractivity contribution >= 4 is 5.95 Å². The molecule has 0 saturated carbocycles. The third-order valence-electron chi connectivity index (χ3n) is 0.966. The summed E-state index contributed by atoms with van der Waals surface area (Å²) in [4.78, 5) is 0. The molecule has 56 valence electrons. The molecule has 0 unspecified atom stereocenters. The number of anilines is 1. The highest BCUT2D eigenvalue weighted by atomic mass is 15.6. The van der Waals surface area contributed by atoms with E-state index in [0.29, 0.717) is 5.95 Å². The van der Waals surface area contributed by atoms with Gasteiger partial charge in [0.15, 0.2) is 0 Å². The van der Waals surface area contributed by atoms with Gasteiger partial charge < -0.3 is 5.32 Å². The molecule has 0 radical (unpaired) electrons. The van der Waals surface area contributed by atoms with Crippen LogP contribution in [0.4, 0.5) is 5.95 Å². The zero-order valence-corrected chi connectivity index (χ0v) is 5.21. The number of hydrogen-bond donors (Lipinski definition) is 2. The fourth-order valence-electron chi connectivity index (χ4n) is 0.563. The minimum absolute atomic E-state index is 0.315. The summed E-state index contributed by atoms with van der Waals surface area (Å²) in [5.41, 5.74) is 0. The zero-order valence-electron chi connectivity index (χ0n) is 5.21. The van der Waals surface area contributed by atoms with Gasteiger partial charge in [0.1, 0.15) is 0 Å². The Labute approximate surface area is 60.0 Å². The van der Waals surface area contributed by atoms with E-state index in [1.807, 2.05) is 0 Å². The number of aromatic nitrogens is 4. The van der Waals surface area contributed by atoms with Crippen molar-refractivity contribution in [2.75, 3.05) is 5.32 Å². The maximum atomic E-state index is 3.62. The van der Waals surface area contributed by atoms with Crippen LogP contribution in [-0.4, -0.2) is 26.9 Å². The van der Waals surface area contributed by atoms with Crippen LogP contribution in [0.5, 0.6) is 0 Å². The standard InChI is InChI=1S/C2H3N9/c3(1-4-8-9-5-1)2-6-10-11-7-2/h1H,(H2,3,6,7,10,11). The van der Waals surface area contributed by atoms with Gasteiger partial charge >= 0.3 is 0 Å². The number of H-pyrrole nitrogens is 1. The van der Waals surface area contributed by atoms with E-state index in [2.05, 4.69) is 46.6 Å². The Bertz CT molecular complexity index is 258. The Morgan fingerprint density at radius 3 is 2.73 bits per heavy atom. The van der Waals surface area contributed by atoms with Gasteiger partial charge in [0, 0.05) is 0 Å². The first-order chi connectivity index (χ1) is 5.45. The van der Waals surface area contributed by atoms with Gasteiger partial charge in [-0.15, -0.1) is 15.3 Å². The van der Waals surface area contributed by atoms with Crippen molar-refractivity contribution in [2.45, 2.75) is 6.29 Å². The molecule has 1 aliphatic heterocycles. The Morgan fingerprint density at radius 2 is 2.09 bits per heavy atom. The summed E-state index contributed by atoms with van der Waals surface area (Å²) in [5, 5.41) is 29.2. The molecule has 2 heterocycles. The van der Waals surface area contributed by atoms with E-state index in [1.165, 1.54) is 0 Å².